The first-order chi connectivity index (χ1) is 9.60. The van der Waals surface area contributed by atoms with E-state index in [1.165, 1.54) is 0 Å². The molecule has 2 N–H and O–H groups in total. The standard InChI is InChI=1S/C15H20ClN3O/c1-3-12(17)9-11-5-4-6-14(16)15(11)20-10-13-7-8-19(2)18-13/h4-8,12H,3,9-10,17H2,1-2H3. The molecule has 1 atom stereocenters. The molecule has 2 rings (SSSR count). The quantitative estimate of drug-likeness (QED) is 0.891. The van der Waals surface area contributed by atoms with Crippen LogP contribution in [0.15, 0.2) is 30.5 Å². The Morgan fingerprint density at radius 1 is 1.40 bits per heavy atom. The van der Waals surface area contributed by atoms with Gasteiger partial charge in [-0.25, -0.2) is 0 Å². The predicted octanol–water partition coefficient (Wildman–Crippen LogP) is 2.93. The highest BCUT2D eigenvalue weighted by Crippen LogP contribution is 2.30. The van der Waals surface area contributed by atoms with Crippen molar-refractivity contribution in [2.75, 3.05) is 0 Å². The summed E-state index contributed by atoms with van der Waals surface area (Å²) in [5.74, 6) is 0.712. The van der Waals surface area contributed by atoms with E-state index in [1.54, 1.807) is 4.68 Å². The van der Waals surface area contributed by atoms with Gasteiger partial charge in [-0.05, 0) is 30.5 Å². The monoisotopic (exact) mass is 293 g/mol. The summed E-state index contributed by atoms with van der Waals surface area (Å²) < 4.78 is 7.60. The van der Waals surface area contributed by atoms with Gasteiger partial charge in [0.15, 0.2) is 0 Å². The molecular formula is C15H20ClN3O. The third-order valence-corrected chi connectivity index (χ3v) is 3.49. The summed E-state index contributed by atoms with van der Waals surface area (Å²) in [6, 6.07) is 7.80. The SMILES string of the molecule is CCC(N)Cc1cccc(Cl)c1OCc1ccn(C)n1. The minimum Gasteiger partial charge on any atom is -0.485 e. The molecule has 0 fully saturated rings. The van der Waals surface area contributed by atoms with Gasteiger partial charge in [0.05, 0.1) is 10.7 Å². The second-order valence-corrected chi connectivity index (χ2v) is 5.28. The van der Waals surface area contributed by atoms with Gasteiger partial charge in [-0.3, -0.25) is 4.68 Å². The molecule has 0 saturated heterocycles. The molecule has 0 amide bonds. The lowest BCUT2D eigenvalue weighted by molar-refractivity contribution is 0.296. The van der Waals surface area contributed by atoms with E-state index < -0.39 is 0 Å². The van der Waals surface area contributed by atoms with Gasteiger partial charge in [-0.15, -0.1) is 0 Å². The van der Waals surface area contributed by atoms with Crippen LogP contribution in [-0.4, -0.2) is 15.8 Å². The maximum Gasteiger partial charge on any atom is 0.141 e. The van der Waals surface area contributed by atoms with Gasteiger partial charge in [0.1, 0.15) is 12.4 Å². The van der Waals surface area contributed by atoms with Crippen molar-refractivity contribution in [1.29, 1.82) is 0 Å². The van der Waals surface area contributed by atoms with Crippen molar-refractivity contribution < 1.29 is 4.74 Å². The third-order valence-electron chi connectivity index (χ3n) is 3.19. The highest BCUT2D eigenvalue weighted by molar-refractivity contribution is 6.32. The van der Waals surface area contributed by atoms with E-state index in [0.29, 0.717) is 17.4 Å². The molecule has 2 aromatic rings. The topological polar surface area (TPSA) is 53.1 Å². The van der Waals surface area contributed by atoms with E-state index in [2.05, 4.69) is 12.0 Å². The van der Waals surface area contributed by atoms with Crippen molar-refractivity contribution in [2.45, 2.75) is 32.4 Å². The summed E-state index contributed by atoms with van der Waals surface area (Å²) >= 11 is 6.24. The van der Waals surface area contributed by atoms with Crippen molar-refractivity contribution in [3.63, 3.8) is 0 Å². The number of hydrogen-bond acceptors (Lipinski definition) is 3. The van der Waals surface area contributed by atoms with Crippen molar-refractivity contribution in [1.82, 2.24) is 9.78 Å². The number of hydrogen-bond donors (Lipinski definition) is 1. The fourth-order valence-electron chi connectivity index (χ4n) is 1.99. The molecular weight excluding hydrogens is 274 g/mol. The zero-order chi connectivity index (χ0) is 14.5. The summed E-state index contributed by atoms with van der Waals surface area (Å²) in [6.07, 6.45) is 3.57. The van der Waals surface area contributed by atoms with Gasteiger partial charge in [-0.2, -0.15) is 5.10 Å². The van der Waals surface area contributed by atoms with E-state index in [0.717, 1.165) is 24.1 Å². The van der Waals surface area contributed by atoms with E-state index >= 15 is 0 Å². The van der Waals surface area contributed by atoms with Crippen LogP contribution in [0.1, 0.15) is 24.6 Å². The number of aromatic nitrogens is 2. The lowest BCUT2D eigenvalue weighted by Gasteiger charge is -2.15. The average Bonchev–Trinajstić information content (AvgIpc) is 2.83. The van der Waals surface area contributed by atoms with Crippen LogP contribution in [0.2, 0.25) is 5.02 Å². The second-order valence-electron chi connectivity index (χ2n) is 4.87. The maximum atomic E-state index is 6.24. The first kappa shape index (κ1) is 14.9. The lowest BCUT2D eigenvalue weighted by atomic mass is 10.0. The number of rotatable bonds is 6. The molecule has 108 valence electrons. The Morgan fingerprint density at radius 3 is 2.85 bits per heavy atom. The molecule has 0 aliphatic heterocycles. The summed E-state index contributed by atoms with van der Waals surface area (Å²) in [6.45, 7) is 2.47. The minimum absolute atomic E-state index is 0.116. The van der Waals surface area contributed by atoms with Gasteiger partial charge in [0, 0.05) is 19.3 Å². The molecule has 0 radical (unpaired) electrons. The van der Waals surface area contributed by atoms with Gasteiger partial charge in [0.2, 0.25) is 0 Å². The molecule has 1 heterocycles. The molecule has 1 aromatic carbocycles. The van der Waals surface area contributed by atoms with E-state index in [-0.39, 0.29) is 6.04 Å². The van der Waals surface area contributed by atoms with E-state index in [9.17, 15) is 0 Å². The number of benzene rings is 1. The molecule has 20 heavy (non-hydrogen) atoms. The Bertz CT molecular complexity index is 568. The average molecular weight is 294 g/mol. The number of nitrogens with two attached hydrogens (primary N) is 1. The number of ether oxygens (including phenoxy) is 1. The predicted molar refractivity (Wildman–Crippen MR) is 81.0 cm³/mol. The van der Waals surface area contributed by atoms with E-state index in [1.807, 2.05) is 37.5 Å². The van der Waals surface area contributed by atoms with Crippen LogP contribution in [0.25, 0.3) is 0 Å². The molecule has 0 spiro atoms. The fraction of sp³-hybridized carbons (Fsp3) is 0.400. The number of aryl methyl sites for hydroxylation is 1. The van der Waals surface area contributed by atoms with Crippen molar-refractivity contribution in [3.8, 4) is 5.75 Å². The van der Waals surface area contributed by atoms with Crippen molar-refractivity contribution >= 4 is 11.6 Å². The maximum absolute atomic E-state index is 6.24. The normalized spacial score (nSPS) is 12.4. The Kier molecular flexibility index (Phi) is 5.04. The van der Waals surface area contributed by atoms with Crippen LogP contribution in [-0.2, 0) is 20.1 Å². The van der Waals surface area contributed by atoms with Gasteiger partial charge in [-0.1, -0.05) is 30.7 Å². The first-order valence-electron chi connectivity index (χ1n) is 6.74. The summed E-state index contributed by atoms with van der Waals surface area (Å²) in [4.78, 5) is 0. The van der Waals surface area contributed by atoms with Crippen LogP contribution < -0.4 is 10.5 Å². The van der Waals surface area contributed by atoms with Gasteiger partial charge < -0.3 is 10.5 Å². The lowest BCUT2D eigenvalue weighted by Crippen LogP contribution is -2.21. The molecule has 0 saturated carbocycles. The van der Waals surface area contributed by atoms with Crippen LogP contribution in [0.4, 0.5) is 0 Å². The molecule has 0 bridgehead atoms. The third kappa shape index (κ3) is 3.74. The number of nitrogens with zero attached hydrogens (tertiary/aromatic N) is 2. The summed E-state index contributed by atoms with van der Waals surface area (Å²) in [5.41, 5.74) is 7.94. The van der Waals surface area contributed by atoms with Crippen LogP contribution in [0.5, 0.6) is 5.75 Å². The Morgan fingerprint density at radius 2 is 2.20 bits per heavy atom. The number of halogens is 1. The minimum atomic E-state index is 0.116. The van der Waals surface area contributed by atoms with Crippen molar-refractivity contribution in [2.24, 2.45) is 12.8 Å². The highest BCUT2D eigenvalue weighted by atomic mass is 35.5. The smallest absolute Gasteiger partial charge is 0.141 e. The molecule has 1 aromatic heterocycles. The van der Waals surface area contributed by atoms with Crippen molar-refractivity contribution in [3.05, 3.63) is 46.7 Å². The molecule has 0 aliphatic carbocycles. The molecule has 0 aliphatic rings. The van der Waals surface area contributed by atoms with Crippen LogP contribution in [0.3, 0.4) is 0 Å². The molecule has 1 unspecified atom stereocenters. The van der Waals surface area contributed by atoms with Gasteiger partial charge in [0.25, 0.3) is 0 Å². The molecule has 4 nitrogen and oxygen atoms in total. The Hall–Kier alpha value is -1.52. The van der Waals surface area contributed by atoms with E-state index in [4.69, 9.17) is 22.1 Å². The largest absolute Gasteiger partial charge is 0.485 e. The first-order valence-corrected chi connectivity index (χ1v) is 7.12. The molecule has 5 heteroatoms. The second kappa shape index (κ2) is 6.77. The number of para-hydroxylation sites is 1. The zero-order valence-corrected chi connectivity index (χ0v) is 12.6. The zero-order valence-electron chi connectivity index (χ0n) is 11.8. The van der Waals surface area contributed by atoms with Gasteiger partial charge >= 0.3 is 0 Å². The Labute approximate surface area is 124 Å². The fourth-order valence-corrected chi connectivity index (χ4v) is 2.24. The summed E-state index contributed by atoms with van der Waals surface area (Å²) in [5, 5.41) is 4.90. The highest BCUT2D eigenvalue weighted by Gasteiger charge is 2.12. The van der Waals surface area contributed by atoms with Crippen LogP contribution >= 0.6 is 11.6 Å². The van der Waals surface area contributed by atoms with Crippen LogP contribution in [0, 0.1) is 0 Å². The Balaban J connectivity index is 2.12. The summed E-state index contributed by atoms with van der Waals surface area (Å²) in [7, 11) is 1.88.